The molecule has 1 N–H and O–H groups in total. The third-order valence-corrected chi connectivity index (χ3v) is 5.74. The lowest BCUT2D eigenvalue weighted by atomic mass is 10.2. The Morgan fingerprint density at radius 1 is 1.22 bits per heavy atom. The maximum absolute atomic E-state index is 13.3. The van der Waals surface area contributed by atoms with E-state index < -0.39 is 18.5 Å². The zero-order valence-electron chi connectivity index (χ0n) is 14.0. The molecule has 0 bridgehead atoms. The Labute approximate surface area is 135 Å². The average Bonchev–Trinajstić information content (AvgIpc) is 2.46. The van der Waals surface area contributed by atoms with E-state index in [-0.39, 0.29) is 36.5 Å². The molecule has 1 rings (SSSR count). The number of anilines is 1. The van der Waals surface area contributed by atoms with Crippen molar-refractivity contribution in [3.05, 3.63) is 20.4 Å². The fourth-order valence-electron chi connectivity index (χ4n) is 2.38. The molecule has 0 saturated heterocycles. The van der Waals surface area contributed by atoms with Gasteiger partial charge in [0.25, 0.3) is 10.9 Å². The van der Waals surface area contributed by atoms with Gasteiger partial charge in [-0.15, -0.1) is 0 Å². The highest BCUT2D eigenvalue weighted by Crippen LogP contribution is 2.53. The van der Waals surface area contributed by atoms with E-state index in [0.717, 1.165) is 0 Å². The Balaban J connectivity index is 3.21. The molecule has 9 heteroatoms. The number of hydrogen-bond acceptors (Lipinski definition) is 6. The number of hydrogen-bond donors (Lipinski definition) is 1. The van der Waals surface area contributed by atoms with Gasteiger partial charge in [0.2, 0.25) is 0 Å². The molecule has 0 heterocycles. The van der Waals surface area contributed by atoms with Crippen molar-refractivity contribution in [3.63, 3.8) is 0 Å². The predicted octanol–water partition coefficient (Wildman–Crippen LogP) is 1.86. The maximum Gasteiger partial charge on any atom is 0.369 e. The molecule has 8 nitrogen and oxygen atoms in total. The summed E-state index contributed by atoms with van der Waals surface area (Å²) < 4.78 is 25.2. The van der Waals surface area contributed by atoms with E-state index in [1.165, 1.54) is 7.11 Å². The first kappa shape index (κ1) is 19.4. The van der Waals surface area contributed by atoms with E-state index in [1.54, 1.807) is 4.67 Å². The van der Waals surface area contributed by atoms with Crippen molar-refractivity contribution in [3.8, 4) is 11.8 Å². The van der Waals surface area contributed by atoms with Crippen molar-refractivity contribution in [2.45, 2.75) is 46.2 Å². The minimum absolute atomic E-state index is 0.0543. The summed E-state index contributed by atoms with van der Waals surface area (Å²) in [6.07, 6.45) is 0.0543. The van der Waals surface area contributed by atoms with Crippen LogP contribution in [0, 0.1) is 11.3 Å². The van der Waals surface area contributed by atoms with E-state index in [1.807, 2.05) is 33.8 Å². The van der Waals surface area contributed by atoms with Crippen LogP contribution in [0.1, 0.15) is 34.1 Å². The summed E-state index contributed by atoms with van der Waals surface area (Å²) in [6.45, 7) is 7.28. The SMILES string of the molecule is COc1c(NP(=O)(OCCC#N)N(C(C)C)C(C)C)c(=O)c1=O. The number of methoxy groups -OCH3 is 1. The highest BCUT2D eigenvalue weighted by atomic mass is 31.2. The van der Waals surface area contributed by atoms with Crippen molar-refractivity contribution >= 4 is 13.4 Å². The molecule has 0 aliphatic heterocycles. The predicted molar refractivity (Wildman–Crippen MR) is 87.4 cm³/mol. The minimum atomic E-state index is -3.69. The molecule has 23 heavy (non-hydrogen) atoms. The van der Waals surface area contributed by atoms with Gasteiger partial charge < -0.3 is 9.26 Å². The first-order valence-electron chi connectivity index (χ1n) is 7.25. The van der Waals surface area contributed by atoms with Gasteiger partial charge in [-0.25, -0.2) is 9.24 Å². The lowest BCUT2D eigenvalue weighted by molar-refractivity contribution is 0.222. The van der Waals surface area contributed by atoms with Gasteiger partial charge in [0.1, 0.15) is 5.69 Å². The van der Waals surface area contributed by atoms with Crippen LogP contribution in [0.5, 0.6) is 5.75 Å². The zero-order valence-corrected chi connectivity index (χ0v) is 14.8. The van der Waals surface area contributed by atoms with Crippen LogP contribution in [-0.4, -0.2) is 30.5 Å². The fourth-order valence-corrected chi connectivity index (χ4v) is 4.74. The molecule has 0 aromatic heterocycles. The number of nitriles is 1. The topological polar surface area (TPSA) is 109 Å². The van der Waals surface area contributed by atoms with Crippen LogP contribution in [0.2, 0.25) is 0 Å². The molecule has 0 spiro atoms. The van der Waals surface area contributed by atoms with E-state index >= 15 is 0 Å². The number of ether oxygens (including phenoxy) is 1. The summed E-state index contributed by atoms with van der Waals surface area (Å²) in [7, 11) is -2.43. The summed E-state index contributed by atoms with van der Waals surface area (Å²) >= 11 is 0. The third kappa shape index (κ3) is 3.99. The van der Waals surface area contributed by atoms with Crippen LogP contribution in [0.15, 0.2) is 9.59 Å². The Hall–Kier alpha value is -1.68. The number of nitrogens with one attached hydrogen (secondary N) is 1. The lowest BCUT2D eigenvalue weighted by Crippen LogP contribution is -2.40. The first-order chi connectivity index (χ1) is 10.7. The van der Waals surface area contributed by atoms with E-state index in [0.29, 0.717) is 0 Å². The van der Waals surface area contributed by atoms with Gasteiger partial charge >= 0.3 is 7.67 Å². The smallest absolute Gasteiger partial charge is 0.369 e. The van der Waals surface area contributed by atoms with Crippen molar-refractivity contribution in [2.24, 2.45) is 0 Å². The van der Waals surface area contributed by atoms with E-state index in [9.17, 15) is 14.2 Å². The van der Waals surface area contributed by atoms with Crippen LogP contribution in [0.4, 0.5) is 5.69 Å². The quantitative estimate of drug-likeness (QED) is 0.411. The second-order valence-corrected chi connectivity index (χ2v) is 7.49. The molecule has 128 valence electrons. The molecular formula is C14H22N3O5P. The Kier molecular flexibility index (Phi) is 6.51. The molecule has 0 aliphatic rings. The lowest BCUT2D eigenvalue weighted by Gasteiger charge is -2.37. The minimum Gasteiger partial charge on any atom is -0.491 e. The maximum atomic E-state index is 13.3. The molecular weight excluding hydrogens is 321 g/mol. The van der Waals surface area contributed by atoms with Crippen LogP contribution in [0.25, 0.3) is 0 Å². The highest BCUT2D eigenvalue weighted by molar-refractivity contribution is 7.58. The first-order valence-corrected chi connectivity index (χ1v) is 8.83. The van der Waals surface area contributed by atoms with Crippen LogP contribution in [-0.2, 0) is 9.09 Å². The molecule has 0 radical (unpaired) electrons. The molecule has 1 unspecified atom stereocenters. The van der Waals surface area contributed by atoms with E-state index in [2.05, 4.69) is 5.09 Å². The molecule has 0 fully saturated rings. The summed E-state index contributed by atoms with van der Waals surface area (Å²) in [4.78, 5) is 23.1. The third-order valence-electron chi connectivity index (χ3n) is 3.17. The largest absolute Gasteiger partial charge is 0.491 e. The van der Waals surface area contributed by atoms with E-state index in [4.69, 9.17) is 14.5 Å². The average molecular weight is 343 g/mol. The molecule has 0 amide bonds. The molecule has 1 aromatic rings. The number of nitrogens with zero attached hydrogens (tertiary/aromatic N) is 2. The van der Waals surface area contributed by atoms with Crippen LogP contribution in [0.3, 0.4) is 0 Å². The highest BCUT2D eigenvalue weighted by Gasteiger charge is 2.39. The van der Waals surface area contributed by atoms with Crippen LogP contribution >= 0.6 is 7.67 Å². The molecule has 0 saturated carbocycles. The molecule has 1 atom stereocenters. The fraction of sp³-hybridized carbons (Fsp3) is 0.643. The summed E-state index contributed by atoms with van der Waals surface area (Å²) in [5.41, 5.74) is -1.71. The Morgan fingerprint density at radius 3 is 2.22 bits per heavy atom. The monoisotopic (exact) mass is 343 g/mol. The second kappa shape index (κ2) is 7.73. The Morgan fingerprint density at radius 2 is 1.78 bits per heavy atom. The summed E-state index contributed by atoms with van der Waals surface area (Å²) in [6, 6.07) is 1.59. The van der Waals surface area contributed by atoms with Gasteiger partial charge in [-0.05, 0) is 27.7 Å². The second-order valence-electron chi connectivity index (χ2n) is 5.51. The van der Waals surface area contributed by atoms with Crippen molar-refractivity contribution < 1.29 is 13.8 Å². The van der Waals surface area contributed by atoms with Crippen molar-refractivity contribution in [2.75, 3.05) is 18.8 Å². The van der Waals surface area contributed by atoms with Gasteiger partial charge in [-0.3, -0.25) is 14.7 Å². The van der Waals surface area contributed by atoms with Gasteiger partial charge in [0.05, 0.1) is 26.2 Å². The standard InChI is InChI=1S/C14H22N3O5P/c1-9(2)17(10(3)4)23(20,22-8-6-7-15)16-11-12(18)13(19)14(11)21-5/h9-10H,6,8H2,1-5H3,(H,16,20). The normalized spacial score (nSPS) is 14.2. The van der Waals surface area contributed by atoms with Gasteiger partial charge in [0.15, 0.2) is 5.75 Å². The summed E-state index contributed by atoms with van der Waals surface area (Å²) in [5.74, 6) is -0.161. The molecule has 1 aromatic carbocycles. The van der Waals surface area contributed by atoms with Gasteiger partial charge in [-0.1, -0.05) is 0 Å². The van der Waals surface area contributed by atoms with Gasteiger partial charge in [-0.2, -0.15) is 5.26 Å². The Bertz CT molecular complexity index is 692. The molecule has 0 aliphatic carbocycles. The van der Waals surface area contributed by atoms with Crippen LogP contribution < -0.4 is 20.7 Å². The van der Waals surface area contributed by atoms with Crippen molar-refractivity contribution in [1.29, 1.82) is 5.26 Å². The van der Waals surface area contributed by atoms with Gasteiger partial charge in [0, 0.05) is 12.1 Å². The zero-order chi connectivity index (χ0) is 17.8. The van der Waals surface area contributed by atoms with Crippen molar-refractivity contribution in [1.82, 2.24) is 4.67 Å². The number of rotatable bonds is 9. The summed E-state index contributed by atoms with van der Waals surface area (Å²) in [5, 5.41) is 11.2.